The van der Waals surface area contributed by atoms with Gasteiger partial charge in [-0.05, 0) is 49.2 Å². The topological polar surface area (TPSA) is 74.4 Å². The van der Waals surface area contributed by atoms with E-state index in [1.165, 1.54) is 0 Å². The van der Waals surface area contributed by atoms with Gasteiger partial charge in [-0.1, -0.05) is 12.1 Å². The van der Waals surface area contributed by atoms with Gasteiger partial charge in [-0.3, -0.25) is 5.41 Å². The SMILES string of the molecule is COc1ccc(C)cc1N1CC(O)=C(c2nc3cc(C)ccc3n2C)C1=N. The maximum atomic E-state index is 10.7. The monoisotopic (exact) mass is 362 g/mol. The van der Waals surface area contributed by atoms with E-state index in [4.69, 9.17) is 15.1 Å². The van der Waals surface area contributed by atoms with Gasteiger partial charge in [0.2, 0.25) is 0 Å². The third-order valence-electron chi connectivity index (χ3n) is 4.99. The Balaban J connectivity index is 1.80. The minimum absolute atomic E-state index is 0.138. The molecule has 0 saturated heterocycles. The van der Waals surface area contributed by atoms with Crippen LogP contribution in [-0.4, -0.2) is 34.1 Å². The third kappa shape index (κ3) is 2.65. The number of aliphatic hydroxyl groups excluding tert-OH is 1. The molecule has 0 aliphatic carbocycles. The number of aromatic nitrogens is 2. The first-order chi connectivity index (χ1) is 12.9. The molecule has 2 N–H and O–H groups in total. The summed E-state index contributed by atoms with van der Waals surface area (Å²) in [4.78, 5) is 6.44. The van der Waals surface area contributed by atoms with Crippen molar-refractivity contribution in [3.05, 3.63) is 59.1 Å². The highest BCUT2D eigenvalue weighted by atomic mass is 16.5. The molecule has 2 heterocycles. The number of nitrogens with one attached hydrogen (secondary N) is 1. The van der Waals surface area contributed by atoms with E-state index in [9.17, 15) is 5.11 Å². The first-order valence-corrected chi connectivity index (χ1v) is 8.77. The van der Waals surface area contributed by atoms with E-state index in [0.717, 1.165) is 27.8 Å². The van der Waals surface area contributed by atoms with Gasteiger partial charge in [-0.25, -0.2) is 4.98 Å². The highest BCUT2D eigenvalue weighted by Gasteiger charge is 2.33. The highest BCUT2D eigenvalue weighted by molar-refractivity contribution is 6.30. The Hall–Kier alpha value is -3.28. The van der Waals surface area contributed by atoms with Gasteiger partial charge in [0.15, 0.2) is 0 Å². The minimum atomic E-state index is 0.138. The van der Waals surface area contributed by atoms with Gasteiger partial charge in [-0.15, -0.1) is 0 Å². The van der Waals surface area contributed by atoms with Crippen LogP contribution < -0.4 is 9.64 Å². The van der Waals surface area contributed by atoms with Crippen molar-refractivity contribution in [1.82, 2.24) is 9.55 Å². The lowest BCUT2D eigenvalue weighted by Gasteiger charge is -2.22. The fourth-order valence-corrected chi connectivity index (χ4v) is 3.56. The summed E-state index contributed by atoms with van der Waals surface area (Å²) in [5, 5.41) is 19.4. The molecule has 27 heavy (non-hydrogen) atoms. The molecule has 0 spiro atoms. The lowest BCUT2D eigenvalue weighted by atomic mass is 10.2. The minimum Gasteiger partial charge on any atom is -0.509 e. The molecule has 0 unspecified atom stereocenters. The third-order valence-corrected chi connectivity index (χ3v) is 4.99. The zero-order valence-corrected chi connectivity index (χ0v) is 15.9. The second kappa shape index (κ2) is 6.16. The van der Waals surface area contributed by atoms with E-state index in [1.54, 1.807) is 12.0 Å². The van der Waals surface area contributed by atoms with Crippen LogP contribution in [0.3, 0.4) is 0 Å². The van der Waals surface area contributed by atoms with E-state index in [-0.39, 0.29) is 18.1 Å². The predicted octanol–water partition coefficient (Wildman–Crippen LogP) is 3.97. The molecular formula is C21H22N4O2. The fraction of sp³-hybridized carbons (Fsp3) is 0.238. The van der Waals surface area contributed by atoms with Gasteiger partial charge in [0, 0.05) is 7.05 Å². The molecule has 1 aromatic heterocycles. The molecule has 138 valence electrons. The van der Waals surface area contributed by atoms with Crippen molar-refractivity contribution in [3.63, 3.8) is 0 Å². The number of anilines is 1. The number of hydrogen-bond donors (Lipinski definition) is 2. The number of methoxy groups -OCH3 is 1. The summed E-state index contributed by atoms with van der Waals surface area (Å²) >= 11 is 0. The molecule has 0 saturated carbocycles. The Labute approximate surface area is 157 Å². The second-order valence-electron chi connectivity index (χ2n) is 6.92. The first kappa shape index (κ1) is 17.1. The van der Waals surface area contributed by atoms with Crippen LogP contribution in [0.25, 0.3) is 16.6 Å². The van der Waals surface area contributed by atoms with Crippen LogP contribution >= 0.6 is 0 Å². The number of aliphatic hydroxyl groups is 1. The van der Waals surface area contributed by atoms with Crippen molar-refractivity contribution in [2.75, 3.05) is 18.6 Å². The Kier molecular flexibility index (Phi) is 3.91. The van der Waals surface area contributed by atoms with Crippen LogP contribution in [0.1, 0.15) is 17.0 Å². The fourth-order valence-electron chi connectivity index (χ4n) is 3.56. The molecular weight excluding hydrogens is 340 g/mol. The normalized spacial score (nSPS) is 14.5. The molecule has 4 rings (SSSR count). The van der Waals surface area contributed by atoms with Crippen molar-refractivity contribution in [2.24, 2.45) is 7.05 Å². The maximum absolute atomic E-state index is 10.7. The van der Waals surface area contributed by atoms with Gasteiger partial charge in [0.25, 0.3) is 0 Å². The van der Waals surface area contributed by atoms with Gasteiger partial charge in [0.1, 0.15) is 23.2 Å². The van der Waals surface area contributed by atoms with E-state index >= 15 is 0 Å². The summed E-state index contributed by atoms with van der Waals surface area (Å²) in [6.45, 7) is 4.23. The molecule has 0 bridgehead atoms. The van der Waals surface area contributed by atoms with Gasteiger partial charge < -0.3 is 19.3 Å². The average molecular weight is 362 g/mol. The zero-order valence-electron chi connectivity index (χ0n) is 15.9. The number of amidine groups is 1. The number of ether oxygens (including phenoxy) is 1. The summed E-state index contributed by atoms with van der Waals surface area (Å²) in [5.41, 5.74) is 5.22. The molecule has 0 amide bonds. The largest absolute Gasteiger partial charge is 0.509 e. The number of fused-ring (bicyclic) bond motifs is 1. The molecule has 1 aliphatic heterocycles. The second-order valence-corrected chi connectivity index (χ2v) is 6.92. The van der Waals surface area contributed by atoms with Crippen molar-refractivity contribution in [2.45, 2.75) is 13.8 Å². The smallest absolute Gasteiger partial charge is 0.148 e. The summed E-state index contributed by atoms with van der Waals surface area (Å²) in [5.74, 6) is 1.61. The molecule has 6 nitrogen and oxygen atoms in total. The standard InChI is InChI=1S/C21H22N4O2/c1-12-5-7-15-14(9-12)23-21(24(15)3)19-17(26)11-25(20(19)22)16-10-13(2)6-8-18(16)27-4/h5-10,22,26H,11H2,1-4H3. The molecule has 3 aromatic rings. The summed E-state index contributed by atoms with van der Waals surface area (Å²) in [6.07, 6.45) is 0. The van der Waals surface area contributed by atoms with Crippen molar-refractivity contribution < 1.29 is 9.84 Å². The molecule has 0 radical (unpaired) electrons. The van der Waals surface area contributed by atoms with Crippen LogP contribution in [0, 0.1) is 19.3 Å². The number of nitrogens with zero attached hydrogens (tertiary/aromatic N) is 3. The van der Waals surface area contributed by atoms with Crippen molar-refractivity contribution in [1.29, 1.82) is 5.41 Å². The number of benzene rings is 2. The number of rotatable bonds is 3. The number of imidazole rings is 1. The zero-order chi connectivity index (χ0) is 19.3. The first-order valence-electron chi connectivity index (χ1n) is 8.77. The summed E-state index contributed by atoms with van der Waals surface area (Å²) < 4.78 is 7.39. The van der Waals surface area contributed by atoms with E-state index in [0.29, 0.717) is 17.1 Å². The Morgan fingerprint density at radius 2 is 1.81 bits per heavy atom. The summed E-state index contributed by atoms with van der Waals surface area (Å²) in [6, 6.07) is 11.9. The quantitative estimate of drug-likeness (QED) is 0.739. The molecule has 6 heteroatoms. The Morgan fingerprint density at radius 3 is 2.56 bits per heavy atom. The van der Waals surface area contributed by atoms with Gasteiger partial charge in [-0.2, -0.15) is 0 Å². The highest BCUT2D eigenvalue weighted by Crippen LogP contribution is 2.37. The lowest BCUT2D eigenvalue weighted by molar-refractivity contribution is 0.406. The Morgan fingerprint density at radius 1 is 1.11 bits per heavy atom. The molecule has 1 aliphatic rings. The van der Waals surface area contributed by atoms with Crippen LogP contribution in [0.4, 0.5) is 5.69 Å². The van der Waals surface area contributed by atoms with E-state index in [1.807, 2.05) is 61.9 Å². The van der Waals surface area contributed by atoms with Gasteiger partial charge >= 0.3 is 0 Å². The van der Waals surface area contributed by atoms with Crippen molar-refractivity contribution >= 4 is 28.1 Å². The van der Waals surface area contributed by atoms with Crippen LogP contribution in [0.15, 0.2) is 42.2 Å². The van der Waals surface area contributed by atoms with E-state index < -0.39 is 0 Å². The predicted molar refractivity (Wildman–Crippen MR) is 108 cm³/mol. The van der Waals surface area contributed by atoms with E-state index in [2.05, 4.69) is 0 Å². The number of aryl methyl sites for hydroxylation is 3. The Bertz CT molecular complexity index is 1110. The summed E-state index contributed by atoms with van der Waals surface area (Å²) in [7, 11) is 3.51. The van der Waals surface area contributed by atoms with Crippen molar-refractivity contribution in [3.8, 4) is 5.75 Å². The van der Waals surface area contributed by atoms with Crippen LogP contribution in [0.2, 0.25) is 0 Å². The van der Waals surface area contributed by atoms with Gasteiger partial charge in [0.05, 0.1) is 35.9 Å². The lowest BCUT2D eigenvalue weighted by Crippen LogP contribution is -2.27. The molecule has 0 fully saturated rings. The average Bonchev–Trinajstić information content (AvgIpc) is 3.10. The molecule has 0 atom stereocenters. The molecule has 2 aromatic carbocycles. The number of hydrogen-bond acceptors (Lipinski definition) is 4. The van der Waals surface area contributed by atoms with Crippen LogP contribution in [-0.2, 0) is 7.05 Å². The maximum Gasteiger partial charge on any atom is 0.148 e. The van der Waals surface area contributed by atoms with Crippen LogP contribution in [0.5, 0.6) is 5.75 Å².